The van der Waals surface area contributed by atoms with Crippen molar-refractivity contribution in [3.05, 3.63) is 59.4 Å². The molecule has 7 heteroatoms. The highest BCUT2D eigenvalue weighted by atomic mass is 16.6. The van der Waals surface area contributed by atoms with Crippen molar-refractivity contribution in [2.45, 2.75) is 32.3 Å². The van der Waals surface area contributed by atoms with Crippen LogP contribution in [0.25, 0.3) is 0 Å². The maximum atomic E-state index is 12.5. The molecular formula is C20H23NO6. The van der Waals surface area contributed by atoms with Gasteiger partial charge in [0, 0.05) is 12.4 Å². The predicted octanol–water partition coefficient (Wildman–Crippen LogP) is 3.13. The summed E-state index contributed by atoms with van der Waals surface area (Å²) >= 11 is 0. The minimum absolute atomic E-state index is 0.123. The fourth-order valence-electron chi connectivity index (χ4n) is 2.66. The van der Waals surface area contributed by atoms with Crippen molar-refractivity contribution in [2.24, 2.45) is 0 Å². The maximum absolute atomic E-state index is 12.5. The fraction of sp³-hybridized carbons (Fsp3) is 0.350. The van der Waals surface area contributed by atoms with Crippen LogP contribution in [0.2, 0.25) is 0 Å². The van der Waals surface area contributed by atoms with E-state index in [4.69, 9.17) is 14.2 Å². The minimum atomic E-state index is -0.744. The van der Waals surface area contributed by atoms with E-state index in [2.05, 4.69) is 0 Å². The van der Waals surface area contributed by atoms with E-state index in [1.807, 2.05) is 6.07 Å². The Morgan fingerprint density at radius 3 is 1.78 bits per heavy atom. The summed E-state index contributed by atoms with van der Waals surface area (Å²) in [5.41, 5.74) is 0.191. The Morgan fingerprint density at radius 1 is 0.889 bits per heavy atom. The first-order valence-corrected chi connectivity index (χ1v) is 8.34. The lowest BCUT2D eigenvalue weighted by molar-refractivity contribution is -0.137. The first kappa shape index (κ1) is 20.2. The molecule has 1 heterocycles. The van der Waals surface area contributed by atoms with E-state index in [0.29, 0.717) is 5.56 Å². The van der Waals surface area contributed by atoms with E-state index in [0.717, 1.165) is 4.90 Å². The number of amides is 1. The van der Waals surface area contributed by atoms with Crippen molar-refractivity contribution in [3.8, 4) is 0 Å². The summed E-state index contributed by atoms with van der Waals surface area (Å²) in [6.07, 6.45) is 1.92. The first-order valence-electron chi connectivity index (χ1n) is 8.34. The Balaban J connectivity index is 2.57. The summed E-state index contributed by atoms with van der Waals surface area (Å²) in [7, 11) is 2.47. The van der Waals surface area contributed by atoms with Gasteiger partial charge in [-0.2, -0.15) is 0 Å². The molecule has 1 aliphatic heterocycles. The van der Waals surface area contributed by atoms with Crippen LogP contribution in [0.5, 0.6) is 0 Å². The molecule has 7 nitrogen and oxygen atoms in total. The van der Waals surface area contributed by atoms with E-state index < -0.39 is 29.6 Å². The Morgan fingerprint density at radius 2 is 1.37 bits per heavy atom. The number of methoxy groups -OCH3 is 2. The third-order valence-electron chi connectivity index (χ3n) is 3.76. The molecule has 0 unspecified atom stereocenters. The lowest BCUT2D eigenvalue weighted by Gasteiger charge is -2.30. The molecule has 0 bridgehead atoms. The van der Waals surface area contributed by atoms with Crippen LogP contribution in [-0.2, 0) is 23.8 Å². The highest BCUT2D eigenvalue weighted by Gasteiger charge is 2.37. The second-order valence-corrected chi connectivity index (χ2v) is 6.88. The lowest BCUT2D eigenvalue weighted by Crippen LogP contribution is -2.35. The molecule has 2 rings (SSSR count). The second-order valence-electron chi connectivity index (χ2n) is 6.88. The molecule has 0 aliphatic carbocycles. The van der Waals surface area contributed by atoms with Crippen molar-refractivity contribution < 1.29 is 28.6 Å². The summed E-state index contributed by atoms with van der Waals surface area (Å²) in [4.78, 5) is 38.4. The van der Waals surface area contributed by atoms with Crippen LogP contribution >= 0.6 is 0 Å². The largest absolute Gasteiger partial charge is 0.466 e. The van der Waals surface area contributed by atoms with Gasteiger partial charge in [0.2, 0.25) is 0 Å². The molecule has 27 heavy (non-hydrogen) atoms. The van der Waals surface area contributed by atoms with Crippen LogP contribution in [-0.4, -0.2) is 42.8 Å². The van der Waals surface area contributed by atoms with Gasteiger partial charge in [-0.3, -0.25) is 4.90 Å². The van der Waals surface area contributed by atoms with Gasteiger partial charge in [0.15, 0.2) is 0 Å². The smallest absolute Gasteiger partial charge is 0.418 e. The molecule has 0 radical (unpaired) electrons. The topological polar surface area (TPSA) is 82.1 Å². The van der Waals surface area contributed by atoms with Crippen molar-refractivity contribution in [1.82, 2.24) is 4.90 Å². The van der Waals surface area contributed by atoms with E-state index in [1.54, 1.807) is 45.0 Å². The van der Waals surface area contributed by atoms with Crippen LogP contribution in [0.4, 0.5) is 4.79 Å². The number of nitrogens with zero attached hydrogens (tertiary/aromatic N) is 1. The molecule has 0 N–H and O–H groups in total. The molecule has 0 spiro atoms. The van der Waals surface area contributed by atoms with Crippen LogP contribution in [0.1, 0.15) is 32.3 Å². The zero-order valence-corrected chi connectivity index (χ0v) is 16.0. The van der Waals surface area contributed by atoms with Crippen molar-refractivity contribution in [1.29, 1.82) is 0 Å². The van der Waals surface area contributed by atoms with Gasteiger partial charge in [-0.05, 0) is 26.3 Å². The monoisotopic (exact) mass is 373 g/mol. The molecular weight excluding hydrogens is 350 g/mol. The number of esters is 2. The van der Waals surface area contributed by atoms with Crippen LogP contribution in [0, 0.1) is 0 Å². The number of carbonyl (C=O) groups excluding carboxylic acids is 3. The highest BCUT2D eigenvalue weighted by molar-refractivity contribution is 5.99. The van der Waals surface area contributed by atoms with E-state index in [9.17, 15) is 14.4 Å². The molecule has 1 amide bonds. The summed E-state index contributed by atoms with van der Waals surface area (Å²) in [5, 5.41) is 0. The molecule has 1 aromatic rings. The van der Waals surface area contributed by atoms with Gasteiger partial charge in [-0.15, -0.1) is 0 Å². The van der Waals surface area contributed by atoms with Crippen molar-refractivity contribution in [3.63, 3.8) is 0 Å². The van der Waals surface area contributed by atoms with Crippen LogP contribution in [0.15, 0.2) is 53.9 Å². The number of hydrogen-bond acceptors (Lipinski definition) is 6. The van der Waals surface area contributed by atoms with Gasteiger partial charge in [0.05, 0.1) is 31.3 Å². The fourth-order valence-corrected chi connectivity index (χ4v) is 2.66. The number of ether oxygens (including phenoxy) is 3. The summed E-state index contributed by atoms with van der Waals surface area (Å²) < 4.78 is 15.1. The average Bonchev–Trinajstić information content (AvgIpc) is 2.64. The van der Waals surface area contributed by atoms with Gasteiger partial charge in [-0.25, -0.2) is 14.4 Å². The van der Waals surface area contributed by atoms with E-state index in [1.165, 1.54) is 26.6 Å². The van der Waals surface area contributed by atoms with E-state index >= 15 is 0 Å². The molecule has 0 aromatic heterocycles. The van der Waals surface area contributed by atoms with Crippen molar-refractivity contribution in [2.75, 3.05) is 14.2 Å². The molecule has 0 saturated carbocycles. The highest BCUT2D eigenvalue weighted by Crippen LogP contribution is 2.37. The Bertz CT molecular complexity index is 754. The average molecular weight is 373 g/mol. The molecule has 0 atom stereocenters. The molecule has 0 saturated heterocycles. The Kier molecular flexibility index (Phi) is 6.05. The standard InChI is InChI=1S/C20H23NO6/c1-20(2,3)27-19(24)21-11-14(17(22)25-4)16(13-9-7-6-8-10-13)15(12-21)18(23)26-5/h6-12,16H,1-5H3. The number of benzene rings is 1. The zero-order valence-electron chi connectivity index (χ0n) is 16.0. The molecule has 144 valence electrons. The summed E-state index contributed by atoms with van der Waals surface area (Å²) in [5.74, 6) is -2.05. The van der Waals surface area contributed by atoms with Gasteiger partial charge in [0.25, 0.3) is 0 Å². The third-order valence-corrected chi connectivity index (χ3v) is 3.76. The number of rotatable bonds is 3. The Labute approximate surface area is 158 Å². The normalized spacial score (nSPS) is 14.8. The molecule has 0 fully saturated rings. The van der Waals surface area contributed by atoms with Gasteiger partial charge in [0.1, 0.15) is 5.60 Å². The maximum Gasteiger partial charge on any atom is 0.418 e. The van der Waals surface area contributed by atoms with E-state index in [-0.39, 0.29) is 11.1 Å². The predicted molar refractivity (Wildman–Crippen MR) is 97.5 cm³/mol. The quantitative estimate of drug-likeness (QED) is 0.598. The number of carbonyl (C=O) groups is 3. The summed E-state index contributed by atoms with van der Waals surface area (Å²) in [6, 6.07) is 8.96. The zero-order chi connectivity index (χ0) is 20.2. The van der Waals surface area contributed by atoms with Crippen LogP contribution in [0.3, 0.4) is 0 Å². The SMILES string of the molecule is COC(=O)C1=CN(C(=O)OC(C)(C)C)C=C(C(=O)OC)C1c1ccccc1. The minimum Gasteiger partial charge on any atom is -0.466 e. The number of hydrogen-bond donors (Lipinski definition) is 0. The first-order chi connectivity index (χ1) is 12.7. The van der Waals surface area contributed by atoms with Crippen molar-refractivity contribution >= 4 is 18.0 Å². The molecule has 1 aromatic carbocycles. The third kappa shape index (κ3) is 4.75. The Hall–Kier alpha value is -3.09. The van der Waals surface area contributed by atoms with Crippen LogP contribution < -0.4 is 0 Å². The molecule has 1 aliphatic rings. The van der Waals surface area contributed by atoms with Gasteiger partial charge in [-0.1, -0.05) is 30.3 Å². The summed E-state index contributed by atoms with van der Waals surface area (Å²) in [6.45, 7) is 5.16. The van der Waals surface area contributed by atoms with Gasteiger partial charge >= 0.3 is 18.0 Å². The lowest BCUT2D eigenvalue weighted by atomic mass is 9.83. The van der Waals surface area contributed by atoms with Gasteiger partial charge < -0.3 is 14.2 Å². The second kappa shape index (κ2) is 8.07.